The van der Waals surface area contributed by atoms with Crippen molar-refractivity contribution in [3.8, 4) is 0 Å². The molecule has 2 amide bonds. The van der Waals surface area contributed by atoms with E-state index in [1.54, 1.807) is 57.2 Å². The SMILES string of the molecule is CC(C)(C)OC(=O)N(CCc1ccc(S(=O)(=O)c2cccc(C(=O)Nc3nn[nH]n3)c2)cc1)C[C@@H](O)c1cccc(Cl)c1. The molecule has 0 aliphatic heterocycles. The number of nitrogens with zero attached hydrogens (tertiary/aromatic N) is 4. The van der Waals surface area contributed by atoms with Gasteiger partial charge in [-0.1, -0.05) is 47.0 Å². The van der Waals surface area contributed by atoms with Gasteiger partial charge in [-0.2, -0.15) is 5.21 Å². The molecule has 0 aliphatic rings. The molecular weight excluding hydrogens is 596 g/mol. The predicted octanol–water partition coefficient (Wildman–Crippen LogP) is 4.45. The van der Waals surface area contributed by atoms with Gasteiger partial charge in [-0.25, -0.2) is 13.2 Å². The standard InChI is InChI=1S/C29H31ClN6O6S/c1-29(2,3)42-28(39)36(18-25(37)20-6-4-8-22(30)16-20)15-14-19-10-12-23(13-11-19)43(40,41)24-9-5-7-21(17-24)26(38)31-27-32-34-35-33-27/h4-13,16-17,25,37H,14-15,18H2,1-3H3,(H2,31,32,33,34,35,38)/t25-/m1/s1. The highest BCUT2D eigenvalue weighted by molar-refractivity contribution is 7.91. The number of H-pyrrole nitrogens is 1. The fourth-order valence-electron chi connectivity index (χ4n) is 4.04. The van der Waals surface area contributed by atoms with E-state index in [1.165, 1.54) is 41.3 Å². The Balaban J connectivity index is 1.46. The summed E-state index contributed by atoms with van der Waals surface area (Å²) in [6.07, 6.45) is -1.21. The molecule has 226 valence electrons. The number of nitrogens with one attached hydrogen (secondary N) is 2. The fourth-order valence-corrected chi connectivity index (χ4v) is 5.55. The van der Waals surface area contributed by atoms with Crippen LogP contribution in [0.25, 0.3) is 0 Å². The molecule has 1 aromatic heterocycles. The fraction of sp³-hybridized carbons (Fsp3) is 0.276. The Bertz CT molecular complexity index is 1670. The summed E-state index contributed by atoms with van der Waals surface area (Å²) in [5, 5.41) is 26.6. The molecular formula is C29H31ClN6O6S. The number of aromatic amines is 1. The molecule has 0 aliphatic carbocycles. The maximum Gasteiger partial charge on any atom is 0.410 e. The van der Waals surface area contributed by atoms with Crippen LogP contribution in [0.5, 0.6) is 0 Å². The molecule has 0 bridgehead atoms. The second-order valence-corrected chi connectivity index (χ2v) is 13.0. The van der Waals surface area contributed by atoms with Crippen molar-refractivity contribution in [2.24, 2.45) is 0 Å². The molecule has 1 atom stereocenters. The van der Waals surface area contributed by atoms with Crippen LogP contribution in [0.1, 0.15) is 48.4 Å². The Kier molecular flexibility index (Phi) is 9.79. The van der Waals surface area contributed by atoms with Gasteiger partial charge >= 0.3 is 6.09 Å². The second kappa shape index (κ2) is 13.3. The van der Waals surface area contributed by atoms with Gasteiger partial charge in [-0.05, 0) is 86.0 Å². The van der Waals surface area contributed by atoms with Crippen LogP contribution in [-0.4, -0.2) is 69.7 Å². The van der Waals surface area contributed by atoms with Crippen molar-refractivity contribution in [3.63, 3.8) is 0 Å². The minimum Gasteiger partial charge on any atom is -0.444 e. The molecule has 43 heavy (non-hydrogen) atoms. The van der Waals surface area contributed by atoms with Crippen molar-refractivity contribution < 1.29 is 27.9 Å². The Hall–Kier alpha value is -4.33. The molecule has 0 spiro atoms. The lowest BCUT2D eigenvalue weighted by molar-refractivity contribution is 0.0147. The maximum atomic E-state index is 13.3. The number of amides is 2. The third-order valence-electron chi connectivity index (χ3n) is 6.16. The summed E-state index contributed by atoms with van der Waals surface area (Å²) in [6.45, 7) is 5.44. The van der Waals surface area contributed by atoms with Crippen LogP contribution in [0.4, 0.5) is 10.7 Å². The lowest BCUT2D eigenvalue weighted by Gasteiger charge is -2.29. The number of hydrogen-bond donors (Lipinski definition) is 3. The molecule has 0 radical (unpaired) electrons. The minimum atomic E-state index is -3.95. The summed E-state index contributed by atoms with van der Waals surface area (Å²) < 4.78 is 32.2. The third kappa shape index (κ3) is 8.60. The summed E-state index contributed by atoms with van der Waals surface area (Å²) >= 11 is 6.06. The molecule has 4 rings (SSSR count). The maximum absolute atomic E-state index is 13.3. The lowest BCUT2D eigenvalue weighted by atomic mass is 10.1. The van der Waals surface area contributed by atoms with Crippen LogP contribution in [0.15, 0.2) is 82.6 Å². The number of ether oxygens (including phenoxy) is 1. The summed E-state index contributed by atoms with van der Waals surface area (Å²) in [5.41, 5.74) is 0.687. The van der Waals surface area contributed by atoms with Gasteiger partial charge in [-0.15, -0.1) is 5.10 Å². The highest BCUT2D eigenvalue weighted by Crippen LogP contribution is 2.24. The molecule has 0 saturated carbocycles. The number of sulfone groups is 1. The van der Waals surface area contributed by atoms with Gasteiger partial charge in [0.15, 0.2) is 0 Å². The Labute approximate surface area is 253 Å². The topological polar surface area (TPSA) is 167 Å². The number of carbonyl (C=O) groups excluding carboxylic acids is 2. The monoisotopic (exact) mass is 626 g/mol. The summed E-state index contributed by atoms with van der Waals surface area (Å²) in [7, 11) is -3.95. The van der Waals surface area contributed by atoms with Crippen LogP contribution in [0, 0.1) is 0 Å². The van der Waals surface area contributed by atoms with E-state index in [0.717, 1.165) is 5.56 Å². The number of anilines is 1. The van der Waals surface area contributed by atoms with Crippen molar-refractivity contribution >= 4 is 39.4 Å². The van der Waals surface area contributed by atoms with Gasteiger partial charge < -0.3 is 14.7 Å². The second-order valence-electron chi connectivity index (χ2n) is 10.6. The number of aliphatic hydroxyl groups excluding tert-OH is 1. The Morgan fingerprint density at radius 1 is 1.05 bits per heavy atom. The van der Waals surface area contributed by atoms with E-state index >= 15 is 0 Å². The molecule has 12 nitrogen and oxygen atoms in total. The van der Waals surface area contributed by atoms with Crippen molar-refractivity contribution in [2.75, 3.05) is 18.4 Å². The van der Waals surface area contributed by atoms with E-state index < -0.39 is 33.5 Å². The van der Waals surface area contributed by atoms with E-state index in [2.05, 4.69) is 25.9 Å². The van der Waals surface area contributed by atoms with Gasteiger partial charge in [0.1, 0.15) is 5.60 Å². The summed E-state index contributed by atoms with van der Waals surface area (Å²) in [6, 6.07) is 18.6. The van der Waals surface area contributed by atoms with Crippen LogP contribution in [0.3, 0.4) is 0 Å². The average molecular weight is 627 g/mol. The number of hydrogen-bond acceptors (Lipinski definition) is 9. The number of benzene rings is 3. The van der Waals surface area contributed by atoms with E-state index in [0.29, 0.717) is 17.0 Å². The van der Waals surface area contributed by atoms with E-state index in [9.17, 15) is 23.1 Å². The van der Waals surface area contributed by atoms with E-state index in [4.69, 9.17) is 16.3 Å². The van der Waals surface area contributed by atoms with Crippen LogP contribution < -0.4 is 5.32 Å². The van der Waals surface area contributed by atoms with Crippen LogP contribution >= 0.6 is 11.6 Å². The first-order chi connectivity index (χ1) is 20.3. The summed E-state index contributed by atoms with van der Waals surface area (Å²) in [5.74, 6) is -0.637. The number of halogens is 1. The van der Waals surface area contributed by atoms with Gasteiger partial charge in [0.25, 0.3) is 11.9 Å². The van der Waals surface area contributed by atoms with Crippen molar-refractivity contribution in [2.45, 2.75) is 48.7 Å². The number of tetrazole rings is 1. The average Bonchev–Trinajstić information content (AvgIpc) is 3.47. The van der Waals surface area contributed by atoms with Crippen LogP contribution in [0.2, 0.25) is 5.02 Å². The van der Waals surface area contributed by atoms with Crippen LogP contribution in [-0.2, 0) is 21.0 Å². The van der Waals surface area contributed by atoms with Crippen molar-refractivity contribution in [3.05, 3.63) is 94.5 Å². The van der Waals surface area contributed by atoms with Gasteiger partial charge in [0.05, 0.1) is 22.4 Å². The lowest BCUT2D eigenvalue weighted by Crippen LogP contribution is -2.40. The first-order valence-corrected chi connectivity index (χ1v) is 15.1. The molecule has 0 unspecified atom stereocenters. The first-order valence-electron chi connectivity index (χ1n) is 13.2. The summed E-state index contributed by atoms with van der Waals surface area (Å²) in [4.78, 5) is 26.8. The molecule has 1 heterocycles. The zero-order chi connectivity index (χ0) is 31.2. The highest BCUT2D eigenvalue weighted by Gasteiger charge is 2.25. The number of carbonyl (C=O) groups is 2. The molecule has 14 heteroatoms. The predicted molar refractivity (Wildman–Crippen MR) is 158 cm³/mol. The number of aromatic nitrogens is 4. The van der Waals surface area contributed by atoms with Gasteiger partial charge in [0.2, 0.25) is 9.84 Å². The van der Waals surface area contributed by atoms with E-state index in [-0.39, 0.29) is 34.4 Å². The van der Waals surface area contributed by atoms with Crippen molar-refractivity contribution in [1.29, 1.82) is 0 Å². The van der Waals surface area contributed by atoms with Gasteiger partial charge in [0, 0.05) is 17.1 Å². The van der Waals surface area contributed by atoms with Gasteiger partial charge in [-0.3, -0.25) is 10.1 Å². The molecule has 4 aromatic rings. The largest absolute Gasteiger partial charge is 0.444 e. The minimum absolute atomic E-state index is 0.0294. The van der Waals surface area contributed by atoms with E-state index in [1.807, 2.05) is 0 Å². The molecule has 3 aromatic carbocycles. The number of rotatable bonds is 10. The normalized spacial score (nSPS) is 12.4. The number of aliphatic hydroxyl groups is 1. The zero-order valence-electron chi connectivity index (χ0n) is 23.7. The molecule has 3 N–H and O–H groups in total. The Morgan fingerprint density at radius 3 is 2.42 bits per heavy atom. The highest BCUT2D eigenvalue weighted by atomic mass is 35.5. The zero-order valence-corrected chi connectivity index (χ0v) is 25.3. The third-order valence-corrected chi connectivity index (χ3v) is 8.16. The smallest absolute Gasteiger partial charge is 0.410 e. The Morgan fingerprint density at radius 2 is 1.77 bits per heavy atom. The molecule has 0 saturated heterocycles. The quantitative estimate of drug-likeness (QED) is 0.230. The van der Waals surface area contributed by atoms with Crippen molar-refractivity contribution in [1.82, 2.24) is 25.5 Å². The molecule has 0 fully saturated rings. The first kappa shape index (κ1) is 31.6.